The zero-order chi connectivity index (χ0) is 15.4. The van der Waals surface area contributed by atoms with Gasteiger partial charge in [0.25, 0.3) is 0 Å². The first-order chi connectivity index (χ1) is 10.8. The summed E-state index contributed by atoms with van der Waals surface area (Å²) < 4.78 is 2.27. The van der Waals surface area contributed by atoms with Crippen molar-refractivity contribution >= 4 is 17.8 Å². The molecule has 0 aliphatic carbocycles. The molecule has 2 aliphatic heterocycles. The summed E-state index contributed by atoms with van der Waals surface area (Å²) in [7, 11) is 0. The van der Waals surface area contributed by atoms with Crippen molar-refractivity contribution in [2.45, 2.75) is 50.8 Å². The van der Waals surface area contributed by atoms with E-state index in [4.69, 9.17) is 0 Å². The second-order valence-corrected chi connectivity index (χ2v) is 7.54. The maximum atomic E-state index is 12.2. The number of rotatable bonds is 4. The average Bonchev–Trinajstić information content (AvgIpc) is 2.97. The molecule has 22 heavy (non-hydrogen) atoms. The quantitative estimate of drug-likeness (QED) is 0.925. The lowest BCUT2D eigenvalue weighted by molar-refractivity contribution is 0.199. The molecule has 2 aliphatic rings. The third-order valence-corrected chi connectivity index (χ3v) is 5.87. The van der Waals surface area contributed by atoms with E-state index in [1.165, 1.54) is 18.7 Å². The summed E-state index contributed by atoms with van der Waals surface area (Å²) in [5, 5.41) is 3.65. The predicted molar refractivity (Wildman–Crippen MR) is 90.4 cm³/mol. The average molecular weight is 322 g/mol. The Kier molecular flexibility index (Phi) is 5.28. The minimum Gasteiger partial charge on any atom is -0.338 e. The van der Waals surface area contributed by atoms with Gasteiger partial charge in [-0.2, -0.15) is 11.8 Å². The van der Waals surface area contributed by atoms with Crippen molar-refractivity contribution in [2.75, 3.05) is 25.4 Å². The first-order valence-corrected chi connectivity index (χ1v) is 9.50. The van der Waals surface area contributed by atoms with Crippen molar-refractivity contribution in [3.05, 3.63) is 17.7 Å². The first-order valence-electron chi connectivity index (χ1n) is 8.45. The number of amides is 2. The zero-order valence-corrected chi connectivity index (χ0v) is 14.2. The number of hydrogen-bond donors (Lipinski definition) is 1. The summed E-state index contributed by atoms with van der Waals surface area (Å²) in [6, 6.07) is 0.0859. The van der Waals surface area contributed by atoms with Gasteiger partial charge in [0, 0.05) is 56.2 Å². The maximum Gasteiger partial charge on any atom is 0.317 e. The zero-order valence-electron chi connectivity index (χ0n) is 13.4. The van der Waals surface area contributed by atoms with Gasteiger partial charge in [0.2, 0.25) is 0 Å². The van der Waals surface area contributed by atoms with E-state index in [-0.39, 0.29) is 6.03 Å². The van der Waals surface area contributed by atoms with Crippen LogP contribution >= 0.6 is 11.8 Å². The van der Waals surface area contributed by atoms with Gasteiger partial charge >= 0.3 is 6.03 Å². The third kappa shape index (κ3) is 3.77. The monoisotopic (exact) mass is 322 g/mol. The highest BCUT2D eigenvalue weighted by atomic mass is 32.2. The molecule has 6 heteroatoms. The van der Waals surface area contributed by atoms with Crippen LogP contribution < -0.4 is 5.32 Å². The fourth-order valence-corrected chi connectivity index (χ4v) is 4.33. The molecule has 0 aromatic carbocycles. The topological polar surface area (TPSA) is 50.2 Å². The summed E-state index contributed by atoms with van der Waals surface area (Å²) in [4.78, 5) is 18.9. The highest BCUT2D eigenvalue weighted by Crippen LogP contribution is 2.21. The molecule has 3 heterocycles. The first kappa shape index (κ1) is 15.7. The molecule has 0 radical (unpaired) electrons. The standard InChI is InChI=1S/C16H26N4OS/c1-2-14-12-20(9-10-22-14)16(21)17-7-6-13-11-19-8-4-3-5-15(19)18-13/h11,14H,2-10,12H2,1H3,(H,17,21). The van der Waals surface area contributed by atoms with Crippen molar-refractivity contribution in [2.24, 2.45) is 0 Å². The molecule has 1 atom stereocenters. The van der Waals surface area contributed by atoms with E-state index in [1.807, 2.05) is 16.7 Å². The lowest BCUT2D eigenvalue weighted by atomic mass is 10.2. The summed E-state index contributed by atoms with van der Waals surface area (Å²) >= 11 is 1.99. The smallest absolute Gasteiger partial charge is 0.317 e. The van der Waals surface area contributed by atoms with Crippen molar-refractivity contribution in [1.29, 1.82) is 0 Å². The van der Waals surface area contributed by atoms with Gasteiger partial charge in [-0.1, -0.05) is 6.92 Å². The van der Waals surface area contributed by atoms with E-state index >= 15 is 0 Å². The molecule has 0 saturated carbocycles. The molecule has 1 aromatic heterocycles. The summed E-state index contributed by atoms with van der Waals surface area (Å²) in [5.74, 6) is 2.27. The Morgan fingerprint density at radius 3 is 3.18 bits per heavy atom. The number of nitrogens with zero attached hydrogens (tertiary/aromatic N) is 3. The van der Waals surface area contributed by atoms with Crippen LogP contribution in [0.4, 0.5) is 4.79 Å². The van der Waals surface area contributed by atoms with E-state index in [2.05, 4.69) is 28.0 Å². The fraction of sp³-hybridized carbons (Fsp3) is 0.750. The summed E-state index contributed by atoms with van der Waals surface area (Å²) in [6.45, 7) is 5.71. The van der Waals surface area contributed by atoms with Crippen LogP contribution in [0.2, 0.25) is 0 Å². The van der Waals surface area contributed by atoms with Gasteiger partial charge in [0.1, 0.15) is 5.82 Å². The molecule has 0 spiro atoms. The Morgan fingerprint density at radius 2 is 2.36 bits per heavy atom. The summed E-state index contributed by atoms with van der Waals surface area (Å²) in [5.41, 5.74) is 1.11. The van der Waals surface area contributed by atoms with Gasteiger partial charge in [-0.15, -0.1) is 0 Å². The molecular formula is C16H26N4OS. The normalized spacial score (nSPS) is 21.5. The number of thioether (sulfide) groups is 1. The molecule has 122 valence electrons. The number of aromatic nitrogens is 2. The molecule has 2 amide bonds. The number of urea groups is 1. The van der Waals surface area contributed by atoms with Gasteiger partial charge in [-0.3, -0.25) is 0 Å². The van der Waals surface area contributed by atoms with Crippen molar-refractivity contribution in [1.82, 2.24) is 19.8 Å². The van der Waals surface area contributed by atoms with Crippen molar-refractivity contribution in [3.63, 3.8) is 0 Å². The number of carbonyl (C=O) groups is 1. The Hall–Kier alpha value is -1.17. The van der Waals surface area contributed by atoms with Crippen LogP contribution in [-0.4, -0.2) is 51.1 Å². The molecule has 5 nitrogen and oxygen atoms in total. The number of fused-ring (bicyclic) bond motifs is 1. The predicted octanol–water partition coefficient (Wildman–Crippen LogP) is 2.30. The van der Waals surface area contributed by atoms with Gasteiger partial charge in [0.05, 0.1) is 5.69 Å². The van der Waals surface area contributed by atoms with Crippen LogP contribution in [0.1, 0.15) is 37.7 Å². The fourth-order valence-electron chi connectivity index (χ4n) is 3.15. The Morgan fingerprint density at radius 1 is 1.45 bits per heavy atom. The number of carbonyl (C=O) groups excluding carboxylic acids is 1. The molecule has 1 N–H and O–H groups in total. The molecular weight excluding hydrogens is 296 g/mol. The summed E-state index contributed by atoms with van der Waals surface area (Å²) in [6.07, 6.45) is 7.71. The van der Waals surface area contributed by atoms with Gasteiger partial charge in [-0.05, 0) is 19.3 Å². The molecule has 1 aromatic rings. The lowest BCUT2D eigenvalue weighted by Gasteiger charge is -2.31. The Balaban J connectivity index is 1.44. The van der Waals surface area contributed by atoms with Gasteiger partial charge in [-0.25, -0.2) is 9.78 Å². The number of aryl methyl sites for hydroxylation is 2. The third-order valence-electron chi connectivity index (χ3n) is 4.50. The SMILES string of the molecule is CCC1CN(C(=O)NCCc2cn3c(n2)CCCC3)CCS1. The van der Waals surface area contributed by atoms with Crippen molar-refractivity contribution in [3.8, 4) is 0 Å². The molecule has 3 rings (SSSR count). The van der Waals surface area contributed by atoms with E-state index in [9.17, 15) is 4.79 Å². The molecule has 1 unspecified atom stereocenters. The van der Waals surface area contributed by atoms with E-state index in [0.29, 0.717) is 11.8 Å². The highest BCUT2D eigenvalue weighted by molar-refractivity contribution is 8.00. The maximum absolute atomic E-state index is 12.2. The van der Waals surface area contributed by atoms with Crippen LogP contribution in [0.15, 0.2) is 6.20 Å². The Bertz CT molecular complexity index is 493. The van der Waals surface area contributed by atoms with Crippen LogP contribution in [0.3, 0.4) is 0 Å². The molecule has 1 saturated heterocycles. The largest absolute Gasteiger partial charge is 0.338 e. The van der Waals surface area contributed by atoms with Crippen molar-refractivity contribution < 1.29 is 4.79 Å². The molecule has 0 bridgehead atoms. The number of hydrogen-bond acceptors (Lipinski definition) is 3. The van der Waals surface area contributed by atoms with Crippen LogP contribution in [0.5, 0.6) is 0 Å². The van der Waals surface area contributed by atoms with Gasteiger partial charge < -0.3 is 14.8 Å². The van der Waals surface area contributed by atoms with E-state index in [1.54, 1.807) is 0 Å². The van der Waals surface area contributed by atoms with Crippen LogP contribution in [0, 0.1) is 0 Å². The number of nitrogens with one attached hydrogen (secondary N) is 1. The molecule has 1 fully saturated rings. The van der Waals surface area contributed by atoms with Gasteiger partial charge in [0.15, 0.2) is 0 Å². The van der Waals surface area contributed by atoms with Crippen LogP contribution in [-0.2, 0) is 19.4 Å². The van der Waals surface area contributed by atoms with Crippen LogP contribution in [0.25, 0.3) is 0 Å². The van der Waals surface area contributed by atoms with E-state index in [0.717, 1.165) is 50.3 Å². The minimum atomic E-state index is 0.0859. The second-order valence-electron chi connectivity index (χ2n) is 6.13. The number of imidazole rings is 1. The Labute approximate surface area is 136 Å². The van der Waals surface area contributed by atoms with E-state index < -0.39 is 0 Å². The lowest BCUT2D eigenvalue weighted by Crippen LogP contribution is -2.47. The highest BCUT2D eigenvalue weighted by Gasteiger charge is 2.22. The second kappa shape index (κ2) is 7.40. The minimum absolute atomic E-state index is 0.0859.